The number of rotatable bonds is 7. The molecular formula is C23H20N2O6. The number of carbonyl (C=O) groups excluding carboxylic acids is 2. The fraction of sp³-hybridized carbons (Fsp3) is 0.130. The summed E-state index contributed by atoms with van der Waals surface area (Å²) in [4.78, 5) is 34.7. The summed E-state index contributed by atoms with van der Waals surface area (Å²) in [6.07, 6.45) is 0. The molecule has 3 aromatic carbocycles. The molecule has 8 nitrogen and oxygen atoms in total. The van der Waals surface area contributed by atoms with Gasteiger partial charge in [0.2, 0.25) is 0 Å². The number of esters is 1. The van der Waals surface area contributed by atoms with Crippen molar-refractivity contribution in [3.05, 3.63) is 93.5 Å². The van der Waals surface area contributed by atoms with Gasteiger partial charge in [-0.1, -0.05) is 17.7 Å². The van der Waals surface area contributed by atoms with Crippen LogP contribution in [0.25, 0.3) is 0 Å². The Kier molecular flexibility index (Phi) is 6.61. The van der Waals surface area contributed by atoms with E-state index in [-0.39, 0.29) is 24.0 Å². The standard InChI is InChI=1S/C23H20N2O6/c1-15-3-7-18(8-4-15)24-23(27)17-5-9-19(10-6-17)31-22(26)14-30-20-11-12-21(25(28)29)16(2)13-20/h3-13H,14H2,1-2H3,(H,24,27). The Morgan fingerprint density at radius 1 is 0.935 bits per heavy atom. The van der Waals surface area contributed by atoms with E-state index in [1.165, 1.54) is 30.3 Å². The summed E-state index contributed by atoms with van der Waals surface area (Å²) in [5.41, 5.74) is 2.59. The van der Waals surface area contributed by atoms with E-state index in [1.54, 1.807) is 19.1 Å². The van der Waals surface area contributed by atoms with Crippen molar-refractivity contribution in [1.82, 2.24) is 0 Å². The van der Waals surface area contributed by atoms with Crippen LogP contribution in [0.3, 0.4) is 0 Å². The predicted molar refractivity (Wildman–Crippen MR) is 115 cm³/mol. The molecule has 0 heterocycles. The van der Waals surface area contributed by atoms with Gasteiger partial charge >= 0.3 is 5.97 Å². The lowest BCUT2D eigenvalue weighted by Crippen LogP contribution is -2.18. The molecule has 0 radical (unpaired) electrons. The maximum atomic E-state index is 12.3. The molecule has 0 unspecified atom stereocenters. The van der Waals surface area contributed by atoms with E-state index in [1.807, 2.05) is 31.2 Å². The molecule has 3 rings (SSSR count). The summed E-state index contributed by atoms with van der Waals surface area (Å²) in [6.45, 7) is 3.18. The van der Waals surface area contributed by atoms with Gasteiger partial charge in [0.15, 0.2) is 6.61 Å². The molecule has 0 saturated heterocycles. The zero-order valence-electron chi connectivity index (χ0n) is 17.0. The molecule has 0 saturated carbocycles. The number of nitrogens with one attached hydrogen (secondary N) is 1. The molecule has 1 N–H and O–H groups in total. The van der Waals surface area contributed by atoms with Gasteiger partial charge in [-0.05, 0) is 62.4 Å². The molecule has 0 bridgehead atoms. The van der Waals surface area contributed by atoms with Gasteiger partial charge in [0.05, 0.1) is 4.92 Å². The lowest BCUT2D eigenvalue weighted by atomic mass is 10.2. The van der Waals surface area contributed by atoms with Crippen LogP contribution in [0.5, 0.6) is 11.5 Å². The van der Waals surface area contributed by atoms with Gasteiger partial charge in [0, 0.05) is 22.9 Å². The molecule has 158 valence electrons. The normalized spacial score (nSPS) is 10.3. The molecule has 8 heteroatoms. The van der Waals surface area contributed by atoms with Crippen LogP contribution < -0.4 is 14.8 Å². The van der Waals surface area contributed by atoms with Crippen LogP contribution in [0, 0.1) is 24.0 Å². The summed E-state index contributed by atoms with van der Waals surface area (Å²) < 4.78 is 10.5. The van der Waals surface area contributed by atoms with Gasteiger partial charge in [-0.15, -0.1) is 0 Å². The van der Waals surface area contributed by atoms with Crippen LogP contribution in [0.15, 0.2) is 66.7 Å². The molecule has 31 heavy (non-hydrogen) atoms. The van der Waals surface area contributed by atoms with Crippen LogP contribution in [-0.4, -0.2) is 23.4 Å². The Labute approximate surface area is 178 Å². The zero-order chi connectivity index (χ0) is 22.4. The molecule has 0 aliphatic carbocycles. The van der Waals surface area contributed by atoms with E-state index in [9.17, 15) is 19.7 Å². The first-order chi connectivity index (χ1) is 14.8. The lowest BCUT2D eigenvalue weighted by Gasteiger charge is -2.09. The van der Waals surface area contributed by atoms with E-state index in [2.05, 4.69) is 5.32 Å². The van der Waals surface area contributed by atoms with Crippen molar-refractivity contribution in [3.8, 4) is 11.5 Å². The summed E-state index contributed by atoms with van der Waals surface area (Å²) in [7, 11) is 0. The maximum absolute atomic E-state index is 12.3. The maximum Gasteiger partial charge on any atom is 0.349 e. The molecule has 0 atom stereocenters. The van der Waals surface area contributed by atoms with E-state index in [0.29, 0.717) is 22.6 Å². The Morgan fingerprint density at radius 3 is 2.19 bits per heavy atom. The first-order valence-electron chi connectivity index (χ1n) is 9.38. The van der Waals surface area contributed by atoms with E-state index in [0.717, 1.165) is 5.56 Å². The number of nitrogens with zero attached hydrogens (tertiary/aromatic N) is 1. The largest absolute Gasteiger partial charge is 0.482 e. The third-order valence-corrected chi connectivity index (χ3v) is 4.38. The van der Waals surface area contributed by atoms with E-state index >= 15 is 0 Å². The fourth-order valence-corrected chi connectivity index (χ4v) is 2.74. The van der Waals surface area contributed by atoms with Gasteiger partial charge in [0.1, 0.15) is 11.5 Å². The molecule has 0 fully saturated rings. The highest BCUT2D eigenvalue weighted by Gasteiger charge is 2.13. The van der Waals surface area contributed by atoms with Crippen molar-refractivity contribution in [2.24, 2.45) is 0 Å². The van der Waals surface area contributed by atoms with Gasteiger partial charge in [-0.25, -0.2) is 4.79 Å². The minimum atomic E-state index is -0.645. The van der Waals surface area contributed by atoms with E-state index in [4.69, 9.17) is 9.47 Å². The Bertz CT molecular complexity index is 1110. The molecule has 0 aromatic heterocycles. The average Bonchev–Trinajstić information content (AvgIpc) is 2.74. The second-order valence-electron chi connectivity index (χ2n) is 6.81. The van der Waals surface area contributed by atoms with Crippen molar-refractivity contribution >= 4 is 23.3 Å². The van der Waals surface area contributed by atoms with Crippen molar-refractivity contribution in [2.45, 2.75) is 13.8 Å². The SMILES string of the molecule is Cc1ccc(NC(=O)c2ccc(OC(=O)COc3ccc([N+](=O)[O-])c(C)c3)cc2)cc1. The summed E-state index contributed by atoms with van der Waals surface area (Å²) in [5, 5.41) is 13.6. The highest BCUT2D eigenvalue weighted by Crippen LogP contribution is 2.23. The Morgan fingerprint density at radius 2 is 1.58 bits per heavy atom. The predicted octanol–water partition coefficient (Wildman–Crippen LogP) is 4.45. The minimum absolute atomic E-state index is 0.0265. The number of hydrogen-bond acceptors (Lipinski definition) is 6. The minimum Gasteiger partial charge on any atom is -0.482 e. The number of ether oxygens (including phenoxy) is 2. The van der Waals surface area contributed by atoms with Crippen molar-refractivity contribution in [3.63, 3.8) is 0 Å². The molecule has 3 aromatic rings. The second-order valence-corrected chi connectivity index (χ2v) is 6.81. The lowest BCUT2D eigenvalue weighted by molar-refractivity contribution is -0.385. The van der Waals surface area contributed by atoms with Crippen LogP contribution in [-0.2, 0) is 4.79 Å². The van der Waals surface area contributed by atoms with Gasteiger partial charge in [0.25, 0.3) is 11.6 Å². The highest BCUT2D eigenvalue weighted by atomic mass is 16.6. The number of aryl methyl sites for hydroxylation is 2. The first-order valence-corrected chi connectivity index (χ1v) is 9.38. The quantitative estimate of drug-likeness (QED) is 0.262. The molecular weight excluding hydrogens is 400 g/mol. The molecule has 0 spiro atoms. The molecule has 0 aliphatic heterocycles. The number of benzene rings is 3. The Hall–Kier alpha value is -4.20. The fourth-order valence-electron chi connectivity index (χ4n) is 2.74. The highest BCUT2D eigenvalue weighted by molar-refractivity contribution is 6.04. The third kappa shape index (κ3) is 5.89. The second kappa shape index (κ2) is 9.53. The van der Waals surface area contributed by atoms with Crippen LogP contribution in [0.1, 0.15) is 21.5 Å². The Balaban J connectivity index is 1.52. The van der Waals surface area contributed by atoms with Crippen LogP contribution in [0.2, 0.25) is 0 Å². The topological polar surface area (TPSA) is 108 Å². The van der Waals surface area contributed by atoms with E-state index < -0.39 is 10.9 Å². The number of hydrogen-bond donors (Lipinski definition) is 1. The zero-order valence-corrected chi connectivity index (χ0v) is 17.0. The van der Waals surface area contributed by atoms with Crippen LogP contribution in [0.4, 0.5) is 11.4 Å². The van der Waals surface area contributed by atoms with Crippen molar-refractivity contribution in [2.75, 3.05) is 11.9 Å². The summed E-state index contributed by atoms with van der Waals surface area (Å²) in [6, 6.07) is 17.8. The molecule has 1 amide bonds. The monoisotopic (exact) mass is 420 g/mol. The summed E-state index contributed by atoms with van der Waals surface area (Å²) >= 11 is 0. The average molecular weight is 420 g/mol. The number of nitro groups is 1. The third-order valence-electron chi connectivity index (χ3n) is 4.38. The molecule has 0 aliphatic rings. The number of amides is 1. The van der Waals surface area contributed by atoms with Crippen molar-refractivity contribution in [1.29, 1.82) is 0 Å². The number of nitro benzene ring substituents is 1. The van der Waals surface area contributed by atoms with Gasteiger partial charge in [-0.2, -0.15) is 0 Å². The smallest absolute Gasteiger partial charge is 0.349 e. The number of carbonyl (C=O) groups is 2. The van der Waals surface area contributed by atoms with Crippen molar-refractivity contribution < 1.29 is 24.0 Å². The van der Waals surface area contributed by atoms with Gasteiger partial charge in [-0.3, -0.25) is 14.9 Å². The first kappa shape index (κ1) is 21.5. The number of anilines is 1. The van der Waals surface area contributed by atoms with Crippen LogP contribution >= 0.6 is 0 Å². The van der Waals surface area contributed by atoms with Gasteiger partial charge < -0.3 is 14.8 Å². The summed E-state index contributed by atoms with van der Waals surface area (Å²) in [5.74, 6) is -0.338.